The summed E-state index contributed by atoms with van der Waals surface area (Å²) < 4.78 is 0. The van der Waals surface area contributed by atoms with Crippen LogP contribution in [0.2, 0.25) is 0 Å². The van der Waals surface area contributed by atoms with Crippen LogP contribution in [-0.2, 0) is 4.79 Å². The van der Waals surface area contributed by atoms with Crippen molar-refractivity contribution in [2.45, 2.75) is 78.7 Å². The Morgan fingerprint density at radius 1 is 1.25 bits per heavy atom. The summed E-state index contributed by atoms with van der Waals surface area (Å²) in [5.74, 6) is 1.68. The van der Waals surface area contributed by atoms with E-state index in [4.69, 9.17) is 5.73 Å². The molecular formula is C17H34N2O. The Hall–Kier alpha value is -0.570. The lowest BCUT2D eigenvalue weighted by Gasteiger charge is -2.38. The van der Waals surface area contributed by atoms with Gasteiger partial charge < -0.3 is 11.1 Å². The van der Waals surface area contributed by atoms with Gasteiger partial charge in [0.25, 0.3) is 0 Å². The average molecular weight is 282 g/mol. The zero-order valence-electron chi connectivity index (χ0n) is 13.9. The van der Waals surface area contributed by atoms with Gasteiger partial charge in [0.2, 0.25) is 5.91 Å². The Balaban J connectivity index is 2.43. The monoisotopic (exact) mass is 282 g/mol. The van der Waals surface area contributed by atoms with Crippen molar-refractivity contribution in [1.29, 1.82) is 0 Å². The van der Waals surface area contributed by atoms with Crippen molar-refractivity contribution in [1.82, 2.24) is 5.32 Å². The fourth-order valence-electron chi connectivity index (χ4n) is 3.12. The van der Waals surface area contributed by atoms with Crippen LogP contribution in [0, 0.1) is 17.3 Å². The van der Waals surface area contributed by atoms with Crippen molar-refractivity contribution in [3.8, 4) is 0 Å². The minimum Gasteiger partial charge on any atom is -0.353 e. The molecule has 0 saturated heterocycles. The third-order valence-corrected chi connectivity index (χ3v) is 4.90. The summed E-state index contributed by atoms with van der Waals surface area (Å²) in [6.07, 6.45) is 7.66. The first-order valence-electron chi connectivity index (χ1n) is 8.40. The second-order valence-corrected chi connectivity index (χ2v) is 7.37. The maximum Gasteiger partial charge on any atom is 0.227 e. The highest BCUT2D eigenvalue weighted by Crippen LogP contribution is 2.38. The highest BCUT2D eigenvalue weighted by molar-refractivity contribution is 5.83. The molecule has 3 nitrogen and oxygen atoms in total. The van der Waals surface area contributed by atoms with Crippen LogP contribution in [0.15, 0.2) is 0 Å². The molecule has 0 heterocycles. The van der Waals surface area contributed by atoms with Gasteiger partial charge in [0.15, 0.2) is 0 Å². The number of nitrogens with two attached hydrogens (primary N) is 1. The predicted molar refractivity (Wildman–Crippen MR) is 85.4 cm³/mol. The van der Waals surface area contributed by atoms with Crippen LogP contribution in [0.5, 0.6) is 0 Å². The third kappa shape index (κ3) is 5.08. The highest BCUT2D eigenvalue weighted by Gasteiger charge is 2.40. The van der Waals surface area contributed by atoms with E-state index >= 15 is 0 Å². The van der Waals surface area contributed by atoms with Crippen molar-refractivity contribution in [3.05, 3.63) is 0 Å². The zero-order chi connectivity index (χ0) is 15.2. The number of hydrogen-bond acceptors (Lipinski definition) is 2. The van der Waals surface area contributed by atoms with Crippen molar-refractivity contribution in [2.75, 3.05) is 6.54 Å². The molecule has 1 saturated carbocycles. The van der Waals surface area contributed by atoms with Crippen LogP contribution >= 0.6 is 0 Å². The fraction of sp³-hybridized carbons (Fsp3) is 0.941. The first-order valence-corrected chi connectivity index (χ1v) is 8.40. The van der Waals surface area contributed by atoms with Crippen LogP contribution < -0.4 is 11.1 Å². The normalized spacial score (nSPS) is 28.4. The maximum absolute atomic E-state index is 12.6. The van der Waals surface area contributed by atoms with Gasteiger partial charge in [-0.25, -0.2) is 0 Å². The molecule has 3 heteroatoms. The largest absolute Gasteiger partial charge is 0.353 e. The molecule has 1 atom stereocenters. The molecule has 0 aromatic heterocycles. The van der Waals surface area contributed by atoms with Crippen LogP contribution in [0.1, 0.15) is 72.6 Å². The Morgan fingerprint density at radius 3 is 2.35 bits per heavy atom. The lowest BCUT2D eigenvalue weighted by molar-refractivity contribution is -0.133. The molecule has 0 aromatic carbocycles. The molecule has 0 radical (unpaired) electrons. The molecule has 1 aliphatic carbocycles. The number of amides is 1. The van der Waals surface area contributed by atoms with Gasteiger partial charge in [0.05, 0.1) is 5.41 Å². The number of nitrogens with one attached hydrogen (secondary N) is 1. The molecule has 1 aliphatic rings. The van der Waals surface area contributed by atoms with E-state index < -0.39 is 0 Å². The van der Waals surface area contributed by atoms with E-state index in [1.807, 2.05) is 0 Å². The van der Waals surface area contributed by atoms with Crippen LogP contribution in [-0.4, -0.2) is 18.5 Å². The van der Waals surface area contributed by atoms with Crippen molar-refractivity contribution in [2.24, 2.45) is 23.0 Å². The summed E-state index contributed by atoms with van der Waals surface area (Å²) in [6, 6.07) is 0.268. The lowest BCUT2D eigenvalue weighted by atomic mass is 9.70. The van der Waals surface area contributed by atoms with E-state index in [9.17, 15) is 4.79 Å². The second kappa shape index (κ2) is 8.02. The van der Waals surface area contributed by atoms with E-state index in [0.29, 0.717) is 6.54 Å². The van der Waals surface area contributed by atoms with E-state index in [0.717, 1.165) is 43.9 Å². The van der Waals surface area contributed by atoms with Crippen molar-refractivity contribution in [3.63, 3.8) is 0 Å². The second-order valence-electron chi connectivity index (χ2n) is 7.37. The fourth-order valence-corrected chi connectivity index (χ4v) is 3.12. The molecule has 0 aromatic rings. The summed E-state index contributed by atoms with van der Waals surface area (Å²) in [4.78, 5) is 12.6. The molecule has 0 aliphatic heterocycles. The van der Waals surface area contributed by atoms with Gasteiger partial charge in [0.1, 0.15) is 0 Å². The van der Waals surface area contributed by atoms with Gasteiger partial charge in [-0.15, -0.1) is 0 Å². The predicted octanol–water partition coefficient (Wildman–Crippen LogP) is 3.47. The van der Waals surface area contributed by atoms with Gasteiger partial charge in [-0.1, -0.05) is 33.6 Å². The molecule has 0 bridgehead atoms. The zero-order valence-corrected chi connectivity index (χ0v) is 13.9. The topological polar surface area (TPSA) is 55.1 Å². The first-order chi connectivity index (χ1) is 9.39. The third-order valence-electron chi connectivity index (χ3n) is 4.90. The molecule has 3 N–H and O–H groups in total. The van der Waals surface area contributed by atoms with Crippen LogP contribution in [0.3, 0.4) is 0 Å². The number of hydrogen-bond donors (Lipinski definition) is 2. The van der Waals surface area contributed by atoms with Crippen molar-refractivity contribution < 1.29 is 4.79 Å². The molecular weight excluding hydrogens is 248 g/mol. The Labute approximate surface area is 125 Å². The standard InChI is InChI=1S/C17H34N2O/c1-13(2)6-5-7-15(4)19-16(20)17(12-18)10-8-14(3)9-11-17/h13-15H,5-12,18H2,1-4H3,(H,19,20). The van der Waals surface area contributed by atoms with Gasteiger partial charge in [0, 0.05) is 12.6 Å². The van der Waals surface area contributed by atoms with Gasteiger partial charge in [-0.05, 0) is 50.9 Å². The quantitative estimate of drug-likeness (QED) is 0.751. The Kier molecular flexibility index (Phi) is 7.01. The van der Waals surface area contributed by atoms with Crippen molar-refractivity contribution >= 4 is 5.91 Å². The maximum atomic E-state index is 12.6. The summed E-state index contributed by atoms with van der Waals surface area (Å²) >= 11 is 0. The lowest BCUT2D eigenvalue weighted by Crippen LogP contribution is -2.50. The van der Waals surface area contributed by atoms with Gasteiger partial charge >= 0.3 is 0 Å². The molecule has 20 heavy (non-hydrogen) atoms. The van der Waals surface area contributed by atoms with Crippen LogP contribution in [0.4, 0.5) is 0 Å². The average Bonchev–Trinajstić information content (AvgIpc) is 2.39. The molecule has 1 amide bonds. The summed E-state index contributed by atoms with van der Waals surface area (Å²) in [6.45, 7) is 9.37. The van der Waals surface area contributed by atoms with E-state index in [-0.39, 0.29) is 17.4 Å². The smallest absolute Gasteiger partial charge is 0.227 e. The van der Waals surface area contributed by atoms with E-state index in [1.165, 1.54) is 12.8 Å². The van der Waals surface area contributed by atoms with Crippen LogP contribution in [0.25, 0.3) is 0 Å². The molecule has 118 valence electrons. The number of rotatable bonds is 7. The minimum absolute atomic E-state index is 0.198. The Bertz CT molecular complexity index is 293. The first kappa shape index (κ1) is 17.5. The molecule has 1 fully saturated rings. The summed E-state index contributed by atoms with van der Waals surface area (Å²) in [7, 11) is 0. The Morgan fingerprint density at radius 2 is 1.85 bits per heavy atom. The molecule has 0 spiro atoms. The number of carbonyl (C=O) groups is 1. The molecule has 1 unspecified atom stereocenters. The summed E-state index contributed by atoms with van der Waals surface area (Å²) in [5, 5.41) is 3.21. The highest BCUT2D eigenvalue weighted by atomic mass is 16.2. The minimum atomic E-state index is -0.293. The van der Waals surface area contributed by atoms with Gasteiger partial charge in [-0.3, -0.25) is 4.79 Å². The SMILES string of the molecule is CC(C)CCCC(C)NC(=O)C1(CN)CCC(C)CC1. The molecule has 1 rings (SSSR count). The van der Waals surface area contributed by atoms with E-state index in [1.54, 1.807) is 0 Å². The number of carbonyl (C=O) groups excluding carboxylic acids is 1. The van der Waals surface area contributed by atoms with Gasteiger partial charge in [-0.2, -0.15) is 0 Å². The summed E-state index contributed by atoms with van der Waals surface area (Å²) in [5.41, 5.74) is 5.65. The van der Waals surface area contributed by atoms with E-state index in [2.05, 4.69) is 33.0 Å².